The standard InChI is InChI=1S/C16H20FN/c1-10(2)14-6-5-13(17)8-15(14)12-7-16(11(3)4)18-9-12/h5-11,18H,1-4H3. The highest BCUT2D eigenvalue weighted by molar-refractivity contribution is 5.68. The molecule has 96 valence electrons. The quantitative estimate of drug-likeness (QED) is 0.777. The highest BCUT2D eigenvalue weighted by Gasteiger charge is 2.12. The first-order valence-electron chi connectivity index (χ1n) is 6.47. The van der Waals surface area contributed by atoms with E-state index in [1.807, 2.05) is 12.3 Å². The van der Waals surface area contributed by atoms with Gasteiger partial charge in [-0.1, -0.05) is 33.8 Å². The van der Waals surface area contributed by atoms with Gasteiger partial charge in [-0.2, -0.15) is 0 Å². The number of hydrogen-bond acceptors (Lipinski definition) is 0. The molecule has 0 spiro atoms. The number of aromatic amines is 1. The third kappa shape index (κ3) is 2.47. The van der Waals surface area contributed by atoms with Crippen LogP contribution in [0.5, 0.6) is 0 Å². The molecule has 1 nitrogen and oxygen atoms in total. The van der Waals surface area contributed by atoms with Gasteiger partial charge < -0.3 is 4.98 Å². The molecular formula is C16H20FN. The third-order valence-electron chi connectivity index (χ3n) is 3.28. The van der Waals surface area contributed by atoms with Crippen LogP contribution < -0.4 is 0 Å². The van der Waals surface area contributed by atoms with Gasteiger partial charge in [-0.25, -0.2) is 4.39 Å². The van der Waals surface area contributed by atoms with E-state index < -0.39 is 0 Å². The molecule has 0 bridgehead atoms. The molecule has 1 N–H and O–H groups in total. The first-order valence-corrected chi connectivity index (χ1v) is 6.47. The van der Waals surface area contributed by atoms with Crippen molar-refractivity contribution >= 4 is 0 Å². The van der Waals surface area contributed by atoms with Gasteiger partial charge >= 0.3 is 0 Å². The summed E-state index contributed by atoms with van der Waals surface area (Å²) in [4.78, 5) is 3.27. The molecule has 0 aliphatic heterocycles. The van der Waals surface area contributed by atoms with Gasteiger partial charge in [0.05, 0.1) is 0 Å². The fourth-order valence-electron chi connectivity index (χ4n) is 2.18. The van der Waals surface area contributed by atoms with Crippen LogP contribution in [0.1, 0.15) is 50.8 Å². The molecule has 0 saturated heterocycles. The minimum Gasteiger partial charge on any atom is -0.364 e. The summed E-state index contributed by atoms with van der Waals surface area (Å²) in [5, 5.41) is 0. The van der Waals surface area contributed by atoms with E-state index >= 15 is 0 Å². The van der Waals surface area contributed by atoms with Crippen molar-refractivity contribution in [3.05, 3.63) is 47.5 Å². The van der Waals surface area contributed by atoms with E-state index in [1.165, 1.54) is 17.3 Å². The predicted octanol–water partition coefficient (Wildman–Crippen LogP) is 5.07. The second-order valence-electron chi connectivity index (χ2n) is 5.38. The Bertz CT molecular complexity index is 538. The summed E-state index contributed by atoms with van der Waals surface area (Å²) >= 11 is 0. The normalized spacial score (nSPS) is 11.5. The van der Waals surface area contributed by atoms with Gasteiger partial charge in [-0.05, 0) is 46.7 Å². The lowest BCUT2D eigenvalue weighted by atomic mass is 9.93. The summed E-state index contributed by atoms with van der Waals surface area (Å²) in [6.45, 7) is 8.55. The number of rotatable bonds is 3. The van der Waals surface area contributed by atoms with Crippen LogP contribution >= 0.6 is 0 Å². The summed E-state index contributed by atoms with van der Waals surface area (Å²) in [6.07, 6.45) is 1.97. The smallest absolute Gasteiger partial charge is 0.123 e. The van der Waals surface area contributed by atoms with Crippen molar-refractivity contribution in [1.29, 1.82) is 0 Å². The Hall–Kier alpha value is -1.57. The Balaban J connectivity index is 2.51. The fraction of sp³-hybridized carbons (Fsp3) is 0.375. The Morgan fingerprint density at radius 3 is 2.28 bits per heavy atom. The van der Waals surface area contributed by atoms with Crippen LogP contribution in [-0.4, -0.2) is 4.98 Å². The molecule has 18 heavy (non-hydrogen) atoms. The van der Waals surface area contributed by atoms with Crippen molar-refractivity contribution in [2.24, 2.45) is 0 Å². The maximum atomic E-state index is 13.5. The van der Waals surface area contributed by atoms with E-state index in [-0.39, 0.29) is 5.82 Å². The molecule has 2 heteroatoms. The number of halogens is 1. The molecule has 0 aliphatic carbocycles. The van der Waals surface area contributed by atoms with Crippen LogP contribution in [0, 0.1) is 5.82 Å². The second kappa shape index (κ2) is 4.97. The number of aromatic nitrogens is 1. The minimum absolute atomic E-state index is 0.179. The van der Waals surface area contributed by atoms with Crippen LogP contribution in [0.25, 0.3) is 11.1 Å². The van der Waals surface area contributed by atoms with Gasteiger partial charge in [-0.3, -0.25) is 0 Å². The number of H-pyrrole nitrogens is 1. The first kappa shape index (κ1) is 12.9. The molecule has 1 aromatic carbocycles. The van der Waals surface area contributed by atoms with Gasteiger partial charge in [0.2, 0.25) is 0 Å². The number of nitrogens with one attached hydrogen (secondary N) is 1. The Labute approximate surface area is 108 Å². The molecule has 0 atom stereocenters. The zero-order chi connectivity index (χ0) is 13.3. The van der Waals surface area contributed by atoms with E-state index in [0.717, 1.165) is 11.1 Å². The zero-order valence-electron chi connectivity index (χ0n) is 11.4. The lowest BCUT2D eigenvalue weighted by Gasteiger charge is -2.11. The maximum Gasteiger partial charge on any atom is 0.123 e. The van der Waals surface area contributed by atoms with E-state index in [0.29, 0.717) is 11.8 Å². The van der Waals surface area contributed by atoms with Crippen molar-refractivity contribution in [3.63, 3.8) is 0 Å². The van der Waals surface area contributed by atoms with Crippen LogP contribution in [0.4, 0.5) is 4.39 Å². The van der Waals surface area contributed by atoms with Gasteiger partial charge in [0.15, 0.2) is 0 Å². The molecule has 1 aromatic heterocycles. The zero-order valence-corrected chi connectivity index (χ0v) is 11.4. The largest absolute Gasteiger partial charge is 0.364 e. The Kier molecular flexibility index (Phi) is 3.55. The average molecular weight is 245 g/mol. The van der Waals surface area contributed by atoms with Gasteiger partial charge in [-0.15, -0.1) is 0 Å². The molecular weight excluding hydrogens is 225 g/mol. The number of benzene rings is 1. The van der Waals surface area contributed by atoms with Crippen LogP contribution in [0.3, 0.4) is 0 Å². The molecule has 0 fully saturated rings. The Morgan fingerprint density at radius 2 is 1.72 bits per heavy atom. The highest BCUT2D eigenvalue weighted by Crippen LogP contribution is 2.31. The third-order valence-corrected chi connectivity index (χ3v) is 3.28. The van der Waals surface area contributed by atoms with Crippen molar-refractivity contribution in [2.75, 3.05) is 0 Å². The molecule has 0 unspecified atom stereocenters. The van der Waals surface area contributed by atoms with Crippen molar-refractivity contribution < 1.29 is 4.39 Å². The van der Waals surface area contributed by atoms with Crippen LogP contribution in [0.15, 0.2) is 30.5 Å². The summed E-state index contributed by atoms with van der Waals surface area (Å²) in [7, 11) is 0. The van der Waals surface area contributed by atoms with Gasteiger partial charge in [0, 0.05) is 11.9 Å². The molecule has 0 radical (unpaired) electrons. The molecule has 0 amide bonds. The summed E-state index contributed by atoms with van der Waals surface area (Å²) in [5.74, 6) is 0.662. The first-order chi connectivity index (χ1) is 8.49. The van der Waals surface area contributed by atoms with Gasteiger partial charge in [0.25, 0.3) is 0 Å². The SMILES string of the molecule is CC(C)c1cc(-c2cc(F)ccc2C(C)C)c[nH]1. The van der Waals surface area contributed by atoms with Crippen LogP contribution in [-0.2, 0) is 0 Å². The van der Waals surface area contributed by atoms with Gasteiger partial charge in [0.1, 0.15) is 5.82 Å². The van der Waals surface area contributed by atoms with Crippen molar-refractivity contribution in [2.45, 2.75) is 39.5 Å². The van der Waals surface area contributed by atoms with E-state index in [2.05, 4.69) is 38.7 Å². The van der Waals surface area contributed by atoms with E-state index in [1.54, 1.807) is 6.07 Å². The molecule has 1 heterocycles. The summed E-state index contributed by atoms with van der Waals surface area (Å²) < 4.78 is 13.5. The second-order valence-corrected chi connectivity index (χ2v) is 5.38. The molecule has 2 rings (SSSR count). The molecule has 2 aromatic rings. The molecule has 0 saturated carbocycles. The van der Waals surface area contributed by atoms with E-state index in [9.17, 15) is 4.39 Å². The average Bonchev–Trinajstić information content (AvgIpc) is 2.77. The fourth-order valence-corrected chi connectivity index (χ4v) is 2.18. The Morgan fingerprint density at radius 1 is 1.00 bits per heavy atom. The maximum absolute atomic E-state index is 13.5. The summed E-state index contributed by atoms with van der Waals surface area (Å²) in [5.41, 5.74) is 4.43. The van der Waals surface area contributed by atoms with Crippen LogP contribution in [0.2, 0.25) is 0 Å². The highest BCUT2D eigenvalue weighted by atomic mass is 19.1. The van der Waals surface area contributed by atoms with Crippen molar-refractivity contribution in [3.8, 4) is 11.1 Å². The lowest BCUT2D eigenvalue weighted by Crippen LogP contribution is -1.92. The summed E-state index contributed by atoms with van der Waals surface area (Å²) in [6, 6.07) is 7.17. The minimum atomic E-state index is -0.179. The predicted molar refractivity (Wildman–Crippen MR) is 74.4 cm³/mol. The molecule has 0 aliphatic rings. The number of hydrogen-bond donors (Lipinski definition) is 1. The lowest BCUT2D eigenvalue weighted by molar-refractivity contribution is 0.627. The van der Waals surface area contributed by atoms with E-state index in [4.69, 9.17) is 0 Å². The topological polar surface area (TPSA) is 15.8 Å². The monoisotopic (exact) mass is 245 g/mol. The van der Waals surface area contributed by atoms with Crippen molar-refractivity contribution in [1.82, 2.24) is 4.98 Å².